The molecule has 10 rings (SSSR count). The van der Waals surface area contributed by atoms with Gasteiger partial charge in [-0.25, -0.2) is 0 Å². The minimum absolute atomic E-state index is 0.108. The predicted molar refractivity (Wildman–Crippen MR) is 222 cm³/mol. The maximum atomic E-state index is 4.80. The second kappa shape index (κ2) is 11.0. The lowest BCUT2D eigenvalue weighted by molar-refractivity contribution is 0.658. The van der Waals surface area contributed by atoms with Crippen LogP contribution in [0.2, 0.25) is 0 Å². The number of benzene rings is 7. The van der Waals surface area contributed by atoms with Crippen LogP contribution < -0.4 is 4.90 Å². The highest BCUT2D eigenvalue weighted by molar-refractivity contribution is 6.01. The van der Waals surface area contributed by atoms with Crippen LogP contribution in [-0.2, 0) is 10.8 Å². The van der Waals surface area contributed by atoms with E-state index < -0.39 is 0 Å². The summed E-state index contributed by atoms with van der Waals surface area (Å²) < 4.78 is 0. The third-order valence-corrected chi connectivity index (χ3v) is 12.2. The third-order valence-electron chi connectivity index (χ3n) is 12.2. The van der Waals surface area contributed by atoms with E-state index in [9.17, 15) is 0 Å². The topological polar surface area (TPSA) is 3.24 Å². The van der Waals surface area contributed by atoms with Gasteiger partial charge in [-0.2, -0.15) is 0 Å². The van der Waals surface area contributed by atoms with Crippen LogP contribution in [0.1, 0.15) is 55.5 Å². The van der Waals surface area contributed by atoms with Crippen LogP contribution in [0.3, 0.4) is 0 Å². The molecule has 1 aliphatic heterocycles. The number of hydrogen-bond donors (Lipinski definition) is 0. The molecule has 0 saturated carbocycles. The Labute approximate surface area is 306 Å². The third kappa shape index (κ3) is 4.48. The molecule has 0 unspecified atom stereocenters. The fourth-order valence-electron chi connectivity index (χ4n) is 9.35. The lowest BCUT2D eigenvalue weighted by atomic mass is 9.81. The van der Waals surface area contributed by atoms with E-state index in [1.54, 1.807) is 0 Å². The van der Waals surface area contributed by atoms with Gasteiger partial charge in [-0.05, 0) is 125 Å². The van der Waals surface area contributed by atoms with Gasteiger partial charge < -0.3 is 4.90 Å². The first-order valence-electron chi connectivity index (χ1n) is 18.5. The first-order valence-corrected chi connectivity index (χ1v) is 18.5. The maximum Gasteiger partial charge on any atom is 0.0496 e. The van der Waals surface area contributed by atoms with Crippen LogP contribution in [0.25, 0.3) is 54.9 Å². The minimum atomic E-state index is -0.115. The fourth-order valence-corrected chi connectivity index (χ4v) is 9.35. The van der Waals surface area contributed by atoms with Crippen molar-refractivity contribution >= 4 is 44.1 Å². The van der Waals surface area contributed by atoms with E-state index in [1.807, 2.05) is 0 Å². The predicted octanol–water partition coefficient (Wildman–Crippen LogP) is 13.4. The number of nitrogens with zero attached hydrogens (tertiary/aromatic N) is 1. The molecule has 0 aromatic heterocycles. The largest absolute Gasteiger partial charge is 0.337 e. The molecule has 0 radical (unpaired) electrons. The van der Waals surface area contributed by atoms with E-state index in [0.717, 1.165) is 12.1 Å². The average molecular weight is 668 g/mol. The summed E-state index contributed by atoms with van der Waals surface area (Å²) in [5.41, 5.74) is 17.6. The molecule has 7 aromatic rings. The zero-order chi connectivity index (χ0) is 35.4. The van der Waals surface area contributed by atoms with Gasteiger partial charge in [0.15, 0.2) is 0 Å². The Morgan fingerprint density at radius 2 is 1.10 bits per heavy atom. The van der Waals surface area contributed by atoms with Crippen LogP contribution in [0.15, 0.2) is 164 Å². The van der Waals surface area contributed by atoms with Crippen LogP contribution in [-0.4, -0.2) is 6.54 Å². The normalized spacial score (nSPS) is 18.5. The SMILES string of the molecule is C=C1/C=C2\C(=C/CN(c3ccc4cc(-c5ccc6ccccc6c5)ccc4c3)c3cc4c(cc31)-c1ccccc1C4(C)C)C(C)(C)c1ccccc12. The highest BCUT2D eigenvalue weighted by Crippen LogP contribution is 2.54. The number of hydrogen-bond acceptors (Lipinski definition) is 1. The molecule has 0 N–H and O–H groups in total. The van der Waals surface area contributed by atoms with Gasteiger partial charge >= 0.3 is 0 Å². The molecule has 0 fully saturated rings. The molecule has 1 heterocycles. The van der Waals surface area contributed by atoms with Crippen molar-refractivity contribution < 1.29 is 0 Å². The van der Waals surface area contributed by atoms with Crippen molar-refractivity contribution in [2.45, 2.75) is 38.5 Å². The summed E-state index contributed by atoms with van der Waals surface area (Å²) in [4.78, 5) is 2.53. The number of anilines is 2. The smallest absolute Gasteiger partial charge is 0.0496 e. The molecular formula is C51H41N. The van der Waals surface area contributed by atoms with Gasteiger partial charge in [-0.3, -0.25) is 0 Å². The van der Waals surface area contributed by atoms with Gasteiger partial charge in [-0.1, -0.05) is 143 Å². The van der Waals surface area contributed by atoms with Crippen LogP contribution in [0, 0.1) is 0 Å². The van der Waals surface area contributed by atoms with E-state index in [2.05, 4.69) is 184 Å². The Hall–Kier alpha value is -5.92. The maximum absolute atomic E-state index is 4.80. The van der Waals surface area contributed by atoms with Gasteiger partial charge in [0.25, 0.3) is 0 Å². The highest BCUT2D eigenvalue weighted by Gasteiger charge is 2.40. The van der Waals surface area contributed by atoms with E-state index in [4.69, 9.17) is 6.58 Å². The van der Waals surface area contributed by atoms with E-state index >= 15 is 0 Å². The van der Waals surface area contributed by atoms with Crippen molar-refractivity contribution in [3.8, 4) is 22.3 Å². The molecular weight excluding hydrogens is 627 g/mol. The number of fused-ring (bicyclic) bond motifs is 9. The molecule has 0 saturated heterocycles. The zero-order valence-corrected chi connectivity index (χ0v) is 30.3. The molecule has 0 bridgehead atoms. The van der Waals surface area contributed by atoms with Gasteiger partial charge in [0.05, 0.1) is 0 Å². The first kappa shape index (κ1) is 30.9. The molecule has 7 aromatic carbocycles. The Bertz CT molecular complexity index is 2730. The van der Waals surface area contributed by atoms with Gasteiger partial charge in [0, 0.05) is 34.3 Å². The summed E-state index contributed by atoms with van der Waals surface area (Å²) in [6, 6.07) is 52.0. The molecule has 3 aliphatic rings. The zero-order valence-electron chi connectivity index (χ0n) is 30.3. The lowest BCUT2D eigenvalue weighted by Gasteiger charge is -2.30. The van der Waals surface area contributed by atoms with Crippen molar-refractivity contribution in [3.05, 3.63) is 192 Å². The molecule has 0 amide bonds. The second-order valence-corrected chi connectivity index (χ2v) is 15.9. The van der Waals surface area contributed by atoms with Gasteiger partial charge in [0.2, 0.25) is 0 Å². The average Bonchev–Trinajstić information content (AvgIpc) is 3.54. The quantitative estimate of drug-likeness (QED) is 0.177. The molecule has 1 nitrogen and oxygen atoms in total. The fraction of sp³-hybridized carbons (Fsp3) is 0.137. The number of rotatable bonds is 2. The minimum Gasteiger partial charge on any atom is -0.337 e. The van der Waals surface area contributed by atoms with Gasteiger partial charge in [-0.15, -0.1) is 0 Å². The Morgan fingerprint density at radius 1 is 0.500 bits per heavy atom. The Morgan fingerprint density at radius 3 is 1.87 bits per heavy atom. The van der Waals surface area contributed by atoms with E-state index in [-0.39, 0.29) is 10.8 Å². The molecule has 250 valence electrons. The first-order chi connectivity index (χ1) is 25.2. The van der Waals surface area contributed by atoms with Crippen LogP contribution >= 0.6 is 0 Å². The summed E-state index contributed by atoms with van der Waals surface area (Å²) in [5.74, 6) is 0. The van der Waals surface area contributed by atoms with Gasteiger partial charge in [0.1, 0.15) is 0 Å². The summed E-state index contributed by atoms with van der Waals surface area (Å²) in [5, 5.41) is 5.00. The van der Waals surface area contributed by atoms with Crippen molar-refractivity contribution in [2.24, 2.45) is 0 Å². The van der Waals surface area contributed by atoms with E-state index in [0.29, 0.717) is 0 Å². The van der Waals surface area contributed by atoms with Crippen molar-refractivity contribution in [1.82, 2.24) is 0 Å². The second-order valence-electron chi connectivity index (χ2n) is 15.9. The monoisotopic (exact) mass is 667 g/mol. The highest BCUT2D eigenvalue weighted by atomic mass is 15.1. The van der Waals surface area contributed by atoms with Crippen LogP contribution in [0.5, 0.6) is 0 Å². The standard InChI is InChI=1S/C51H41N/c1-32-26-43-40-14-8-10-16-45(40)50(2,3)47(43)24-25-52(49-31-48-44(30-42(32)49)41-15-9-11-17-46(41)51(48,4)5)39-23-22-37-28-36(20-21-38(37)29-39)35-19-18-33-12-6-7-13-34(33)27-35/h6-24,26-31H,1,25H2,2-5H3/b43-26-,47-24+. The Balaban J connectivity index is 1.15. The lowest BCUT2D eigenvalue weighted by Crippen LogP contribution is -2.22. The molecule has 0 spiro atoms. The Kier molecular flexibility index (Phi) is 6.55. The summed E-state index contributed by atoms with van der Waals surface area (Å²) in [6.07, 6.45) is 4.84. The molecule has 0 atom stereocenters. The molecule has 52 heavy (non-hydrogen) atoms. The summed E-state index contributed by atoms with van der Waals surface area (Å²) in [6.45, 7) is 15.0. The van der Waals surface area contributed by atoms with Crippen molar-refractivity contribution in [3.63, 3.8) is 0 Å². The molecule has 1 heteroatoms. The van der Waals surface area contributed by atoms with Crippen molar-refractivity contribution in [2.75, 3.05) is 11.4 Å². The summed E-state index contributed by atoms with van der Waals surface area (Å²) in [7, 11) is 0. The summed E-state index contributed by atoms with van der Waals surface area (Å²) >= 11 is 0. The van der Waals surface area contributed by atoms with Crippen molar-refractivity contribution in [1.29, 1.82) is 0 Å². The molecule has 2 aliphatic carbocycles. The number of allylic oxidation sites excluding steroid dienone is 4. The van der Waals surface area contributed by atoms with Crippen LogP contribution in [0.4, 0.5) is 11.4 Å². The van der Waals surface area contributed by atoms with E-state index in [1.165, 1.54) is 94.1 Å².